The van der Waals surface area contributed by atoms with Gasteiger partial charge in [-0.15, -0.1) is 0 Å². The number of hydrogen-bond donors (Lipinski definition) is 1. The van der Waals surface area contributed by atoms with Crippen molar-refractivity contribution in [3.05, 3.63) is 34.1 Å². The zero-order valence-electron chi connectivity index (χ0n) is 10.9. The Kier molecular flexibility index (Phi) is 3.55. The topological polar surface area (TPSA) is 51.3 Å². The van der Waals surface area contributed by atoms with Crippen molar-refractivity contribution in [1.29, 1.82) is 0 Å². The van der Waals surface area contributed by atoms with E-state index >= 15 is 0 Å². The van der Waals surface area contributed by atoms with Crippen LogP contribution in [0.15, 0.2) is 23.0 Å². The van der Waals surface area contributed by atoms with Gasteiger partial charge in [0.25, 0.3) is 0 Å². The lowest BCUT2D eigenvalue weighted by Gasteiger charge is -2.10. The lowest BCUT2D eigenvalue weighted by Crippen LogP contribution is -2.06. The highest BCUT2D eigenvalue weighted by Crippen LogP contribution is 2.28. The number of fused-ring (bicyclic) bond motifs is 1. The van der Waals surface area contributed by atoms with Crippen molar-refractivity contribution in [2.24, 2.45) is 0 Å². The van der Waals surface area contributed by atoms with Crippen LogP contribution in [0.3, 0.4) is 0 Å². The summed E-state index contributed by atoms with van der Waals surface area (Å²) < 4.78 is 10.5. The standard InChI is InChI=1S/C14H17NO3/c1-4-5-9-6-12(16)11-7-10(17-2)8-13(18-3)14(11)15-9/h6-8H,4-5H2,1-3H3,(H,15,16). The minimum Gasteiger partial charge on any atom is -0.497 e. The average Bonchev–Trinajstić information content (AvgIpc) is 2.38. The smallest absolute Gasteiger partial charge is 0.189 e. The normalized spacial score (nSPS) is 10.6. The SMILES string of the molecule is CCCc1cc(=O)c2cc(OC)cc(OC)c2[nH]1. The van der Waals surface area contributed by atoms with Crippen LogP contribution in [0.2, 0.25) is 0 Å². The third-order valence-electron chi connectivity index (χ3n) is 2.91. The van der Waals surface area contributed by atoms with E-state index in [1.54, 1.807) is 32.4 Å². The highest BCUT2D eigenvalue weighted by molar-refractivity contribution is 5.86. The maximum Gasteiger partial charge on any atom is 0.189 e. The van der Waals surface area contributed by atoms with Crippen molar-refractivity contribution >= 4 is 10.9 Å². The van der Waals surface area contributed by atoms with Gasteiger partial charge in [-0.1, -0.05) is 13.3 Å². The van der Waals surface area contributed by atoms with Crippen molar-refractivity contribution in [3.8, 4) is 11.5 Å². The largest absolute Gasteiger partial charge is 0.497 e. The molecule has 4 heteroatoms. The van der Waals surface area contributed by atoms with Gasteiger partial charge in [0.1, 0.15) is 11.5 Å². The van der Waals surface area contributed by atoms with E-state index < -0.39 is 0 Å². The van der Waals surface area contributed by atoms with Crippen LogP contribution in [0.5, 0.6) is 11.5 Å². The molecule has 1 heterocycles. The predicted molar refractivity (Wildman–Crippen MR) is 71.7 cm³/mol. The van der Waals surface area contributed by atoms with Crippen LogP contribution in [0.25, 0.3) is 10.9 Å². The van der Waals surface area contributed by atoms with Gasteiger partial charge in [-0.2, -0.15) is 0 Å². The zero-order chi connectivity index (χ0) is 13.1. The van der Waals surface area contributed by atoms with Gasteiger partial charge >= 0.3 is 0 Å². The first-order valence-corrected chi connectivity index (χ1v) is 5.97. The quantitative estimate of drug-likeness (QED) is 0.903. The summed E-state index contributed by atoms with van der Waals surface area (Å²) in [5.41, 5.74) is 1.65. The molecule has 96 valence electrons. The molecule has 0 atom stereocenters. The fourth-order valence-corrected chi connectivity index (χ4v) is 2.03. The Morgan fingerprint density at radius 1 is 1.17 bits per heavy atom. The fraction of sp³-hybridized carbons (Fsp3) is 0.357. The number of benzene rings is 1. The van der Waals surface area contributed by atoms with Crippen molar-refractivity contribution in [2.45, 2.75) is 19.8 Å². The second-order valence-electron chi connectivity index (χ2n) is 4.16. The number of aryl methyl sites for hydroxylation is 1. The molecule has 1 aromatic heterocycles. The number of pyridine rings is 1. The van der Waals surface area contributed by atoms with Gasteiger partial charge in [0, 0.05) is 17.8 Å². The predicted octanol–water partition coefficient (Wildman–Crippen LogP) is 2.50. The molecule has 0 bridgehead atoms. The van der Waals surface area contributed by atoms with Crippen LogP contribution in [0.4, 0.5) is 0 Å². The fourth-order valence-electron chi connectivity index (χ4n) is 2.03. The van der Waals surface area contributed by atoms with Gasteiger partial charge in [0.15, 0.2) is 5.43 Å². The zero-order valence-corrected chi connectivity index (χ0v) is 10.9. The maximum atomic E-state index is 12.1. The second-order valence-corrected chi connectivity index (χ2v) is 4.16. The second kappa shape index (κ2) is 5.12. The monoisotopic (exact) mass is 247 g/mol. The van der Waals surface area contributed by atoms with E-state index in [1.165, 1.54) is 0 Å². The number of aromatic amines is 1. The lowest BCUT2D eigenvalue weighted by molar-refractivity contribution is 0.397. The van der Waals surface area contributed by atoms with Gasteiger partial charge in [0.05, 0.1) is 25.1 Å². The molecule has 0 aliphatic heterocycles. The lowest BCUT2D eigenvalue weighted by atomic mass is 10.1. The molecule has 0 aliphatic rings. The van der Waals surface area contributed by atoms with Gasteiger partial charge in [-0.25, -0.2) is 0 Å². The summed E-state index contributed by atoms with van der Waals surface area (Å²) in [5, 5.41) is 0.589. The molecule has 2 aromatic rings. The first kappa shape index (κ1) is 12.5. The average molecular weight is 247 g/mol. The minimum atomic E-state index is -0.00981. The van der Waals surface area contributed by atoms with Gasteiger partial charge in [-0.05, 0) is 12.5 Å². The van der Waals surface area contributed by atoms with E-state index in [0.717, 1.165) is 24.1 Å². The molecular formula is C14H17NO3. The van der Waals surface area contributed by atoms with E-state index in [4.69, 9.17) is 9.47 Å². The number of aromatic nitrogens is 1. The Bertz CT molecular complexity index is 616. The Balaban J connectivity index is 2.74. The number of nitrogens with one attached hydrogen (secondary N) is 1. The van der Waals surface area contributed by atoms with E-state index in [9.17, 15) is 4.79 Å². The Morgan fingerprint density at radius 2 is 1.94 bits per heavy atom. The molecule has 0 spiro atoms. The van der Waals surface area contributed by atoms with Crippen molar-refractivity contribution in [1.82, 2.24) is 4.98 Å². The number of rotatable bonds is 4. The molecule has 1 N–H and O–H groups in total. The number of ether oxygens (including phenoxy) is 2. The summed E-state index contributed by atoms with van der Waals surface area (Å²) >= 11 is 0. The third-order valence-corrected chi connectivity index (χ3v) is 2.91. The van der Waals surface area contributed by atoms with Crippen molar-refractivity contribution in [3.63, 3.8) is 0 Å². The van der Waals surface area contributed by atoms with E-state index in [0.29, 0.717) is 16.9 Å². The van der Waals surface area contributed by atoms with Crippen LogP contribution in [-0.4, -0.2) is 19.2 Å². The summed E-state index contributed by atoms with van der Waals surface area (Å²) in [6.45, 7) is 2.08. The molecule has 0 aliphatic carbocycles. The first-order valence-electron chi connectivity index (χ1n) is 5.97. The molecule has 18 heavy (non-hydrogen) atoms. The summed E-state index contributed by atoms with van der Waals surface area (Å²) in [4.78, 5) is 15.3. The maximum absolute atomic E-state index is 12.1. The highest BCUT2D eigenvalue weighted by Gasteiger charge is 2.09. The van der Waals surface area contributed by atoms with E-state index in [1.807, 2.05) is 0 Å². The van der Waals surface area contributed by atoms with E-state index in [-0.39, 0.29) is 5.43 Å². The molecule has 0 unspecified atom stereocenters. The molecule has 0 amide bonds. The van der Waals surface area contributed by atoms with Crippen LogP contribution < -0.4 is 14.9 Å². The van der Waals surface area contributed by atoms with Crippen LogP contribution in [-0.2, 0) is 6.42 Å². The first-order chi connectivity index (χ1) is 8.69. The van der Waals surface area contributed by atoms with Gasteiger partial charge < -0.3 is 14.5 Å². The molecule has 0 saturated heterocycles. The Hall–Kier alpha value is -1.97. The summed E-state index contributed by atoms with van der Waals surface area (Å²) in [6.07, 6.45) is 1.83. The Labute approximate surface area is 106 Å². The third kappa shape index (κ3) is 2.18. The number of methoxy groups -OCH3 is 2. The van der Waals surface area contributed by atoms with Crippen LogP contribution >= 0.6 is 0 Å². The van der Waals surface area contributed by atoms with Crippen molar-refractivity contribution in [2.75, 3.05) is 14.2 Å². The molecule has 0 fully saturated rings. The van der Waals surface area contributed by atoms with Crippen molar-refractivity contribution < 1.29 is 9.47 Å². The number of H-pyrrole nitrogens is 1. The summed E-state index contributed by atoms with van der Waals surface area (Å²) in [7, 11) is 3.15. The molecule has 0 saturated carbocycles. The summed E-state index contributed by atoms with van der Waals surface area (Å²) in [5.74, 6) is 1.24. The van der Waals surface area contributed by atoms with E-state index in [2.05, 4.69) is 11.9 Å². The highest BCUT2D eigenvalue weighted by atomic mass is 16.5. The number of hydrogen-bond acceptors (Lipinski definition) is 3. The van der Waals surface area contributed by atoms with Gasteiger partial charge in [0.2, 0.25) is 0 Å². The molecule has 0 radical (unpaired) electrons. The van der Waals surface area contributed by atoms with Gasteiger partial charge in [-0.3, -0.25) is 4.79 Å². The molecular weight excluding hydrogens is 230 g/mol. The van der Waals surface area contributed by atoms with Crippen LogP contribution in [0.1, 0.15) is 19.0 Å². The molecule has 1 aromatic carbocycles. The summed E-state index contributed by atoms with van der Waals surface area (Å²) in [6, 6.07) is 5.14. The van der Waals surface area contributed by atoms with Crippen LogP contribution in [0, 0.1) is 0 Å². The minimum absolute atomic E-state index is 0.00981. The molecule has 2 rings (SSSR count). The molecule has 4 nitrogen and oxygen atoms in total. The Morgan fingerprint density at radius 3 is 2.56 bits per heavy atom.